The maximum atomic E-state index is 12.5. The minimum Gasteiger partial charge on any atom is -0.394 e. The molecule has 10 atom stereocenters. The predicted molar refractivity (Wildman–Crippen MR) is 191 cm³/mol. The standard InChI is InChI=1S/C17H17N3O6S.C16H17BrN2O6S/c18-5-8-1-3-9(4-2-8)12(22)11-6-19-17(27-11)20-16-15(25)14(24)13(23)10(7-21)26-16;17-8-3-1-7(2-4-8)11(21)10-5-18-16(26-10)19-15-14(24)13(23)12(22)9(6-20)25-15/h1-4,6,10,13-16,21,23-25H,7H2,(H,19,20);1-5,9,12-15,20,22-24H,6H2,(H,18,19). The van der Waals surface area contributed by atoms with Crippen molar-refractivity contribution >= 4 is 60.4 Å². The quantitative estimate of drug-likeness (QED) is 0.0926. The number of anilines is 2. The number of ether oxygens (including phenoxy) is 2. The van der Waals surface area contributed by atoms with E-state index in [4.69, 9.17) is 14.7 Å². The van der Waals surface area contributed by atoms with Crippen LogP contribution < -0.4 is 10.6 Å². The Bertz CT molecular complexity index is 1890. The van der Waals surface area contributed by atoms with Crippen LogP contribution in [0.1, 0.15) is 36.0 Å². The van der Waals surface area contributed by atoms with Crippen LogP contribution in [-0.4, -0.2) is 137 Å². The van der Waals surface area contributed by atoms with E-state index in [0.717, 1.165) is 27.1 Å². The monoisotopic (exact) mass is 835 g/mol. The molecule has 6 rings (SSSR count). The van der Waals surface area contributed by atoms with Crippen molar-refractivity contribution in [3.63, 3.8) is 0 Å². The molecule has 10 unspecified atom stereocenters. The minimum atomic E-state index is -1.51. The Balaban J connectivity index is 0.000000204. The summed E-state index contributed by atoms with van der Waals surface area (Å²) in [6.45, 7) is -1.06. The SMILES string of the molecule is N#Cc1ccc(C(=O)c2cnc(NC3OC(CO)C(O)C(O)C3O)s2)cc1.O=C(c1ccc(Br)cc1)c1cnc(NC2OC(CO)C(O)C(O)C2O)s1. The van der Waals surface area contributed by atoms with Gasteiger partial charge in [0.15, 0.2) is 22.7 Å². The number of carbonyl (C=O) groups excluding carboxylic acids is 2. The Morgan fingerprint density at radius 1 is 0.679 bits per heavy atom. The lowest BCUT2D eigenvalue weighted by Gasteiger charge is -2.40. The normalized spacial score (nSPS) is 28.2. The lowest BCUT2D eigenvalue weighted by Crippen LogP contribution is -2.60. The van der Waals surface area contributed by atoms with Crippen LogP contribution in [0.3, 0.4) is 0 Å². The van der Waals surface area contributed by atoms with E-state index in [9.17, 15) is 50.4 Å². The largest absolute Gasteiger partial charge is 0.394 e. The highest BCUT2D eigenvalue weighted by Crippen LogP contribution is 2.28. The Morgan fingerprint density at radius 2 is 1.08 bits per heavy atom. The number of ketones is 2. The van der Waals surface area contributed by atoms with Gasteiger partial charge in [-0.05, 0) is 48.5 Å². The lowest BCUT2D eigenvalue weighted by atomic mass is 9.98. The molecule has 20 heteroatoms. The molecule has 2 saturated heterocycles. The highest BCUT2D eigenvalue weighted by atomic mass is 79.9. The van der Waals surface area contributed by atoms with Gasteiger partial charge in [0.05, 0.1) is 47.0 Å². The summed E-state index contributed by atoms with van der Waals surface area (Å²) < 4.78 is 11.6. The molecule has 2 fully saturated rings. The molecule has 2 aliphatic heterocycles. The Labute approximate surface area is 317 Å². The van der Waals surface area contributed by atoms with Gasteiger partial charge in [-0.15, -0.1) is 0 Å². The lowest BCUT2D eigenvalue weighted by molar-refractivity contribution is -0.221. The van der Waals surface area contributed by atoms with Gasteiger partial charge in [-0.3, -0.25) is 9.59 Å². The second-order valence-electron chi connectivity index (χ2n) is 11.7. The molecular weight excluding hydrogens is 802 g/mol. The maximum Gasteiger partial charge on any atom is 0.204 e. The zero-order valence-electron chi connectivity index (χ0n) is 27.2. The molecule has 4 aromatic rings. The van der Waals surface area contributed by atoms with Gasteiger partial charge in [-0.2, -0.15) is 5.26 Å². The van der Waals surface area contributed by atoms with Crippen LogP contribution in [0.15, 0.2) is 65.4 Å². The second kappa shape index (κ2) is 18.0. The number of rotatable bonds is 10. The van der Waals surface area contributed by atoms with E-state index < -0.39 is 74.5 Å². The summed E-state index contributed by atoms with van der Waals surface area (Å²) in [5.41, 5.74) is 1.36. The molecule has 53 heavy (non-hydrogen) atoms. The second-order valence-corrected chi connectivity index (χ2v) is 14.7. The van der Waals surface area contributed by atoms with E-state index in [2.05, 4.69) is 36.5 Å². The number of aromatic nitrogens is 2. The van der Waals surface area contributed by atoms with Crippen LogP contribution in [0.25, 0.3) is 0 Å². The van der Waals surface area contributed by atoms with E-state index in [-0.39, 0.29) is 16.7 Å². The summed E-state index contributed by atoms with van der Waals surface area (Å²) in [7, 11) is 0. The molecule has 0 aliphatic carbocycles. The predicted octanol–water partition coefficient (Wildman–Crippen LogP) is -0.194. The van der Waals surface area contributed by atoms with Crippen molar-refractivity contribution < 1.29 is 59.9 Å². The van der Waals surface area contributed by atoms with Crippen molar-refractivity contribution in [3.05, 3.63) is 91.8 Å². The fourth-order valence-electron chi connectivity index (χ4n) is 5.16. The number of benzene rings is 2. The number of carbonyl (C=O) groups is 2. The highest BCUT2D eigenvalue weighted by Gasteiger charge is 2.45. The molecule has 10 N–H and O–H groups in total. The Hall–Kier alpha value is -3.79. The van der Waals surface area contributed by atoms with Crippen LogP contribution >= 0.6 is 38.6 Å². The number of aliphatic hydroxyl groups is 8. The van der Waals surface area contributed by atoms with Gasteiger partial charge in [0.1, 0.15) is 48.8 Å². The third kappa shape index (κ3) is 9.48. The number of hydrogen-bond acceptors (Lipinski definition) is 19. The zero-order chi connectivity index (χ0) is 38.4. The number of nitrogens with zero attached hydrogens (tertiary/aromatic N) is 3. The average Bonchev–Trinajstić information content (AvgIpc) is 3.85. The van der Waals surface area contributed by atoms with Crippen molar-refractivity contribution in [2.75, 3.05) is 23.8 Å². The molecule has 17 nitrogen and oxygen atoms in total. The zero-order valence-corrected chi connectivity index (χ0v) is 30.4. The molecule has 282 valence electrons. The van der Waals surface area contributed by atoms with E-state index in [1.54, 1.807) is 48.5 Å². The maximum absolute atomic E-state index is 12.5. The molecule has 2 aromatic heterocycles. The van der Waals surface area contributed by atoms with Crippen molar-refractivity contribution in [1.29, 1.82) is 5.26 Å². The average molecular weight is 837 g/mol. The van der Waals surface area contributed by atoms with Crippen LogP contribution in [0, 0.1) is 11.3 Å². The van der Waals surface area contributed by atoms with Gasteiger partial charge in [0, 0.05) is 15.6 Å². The van der Waals surface area contributed by atoms with E-state index in [1.807, 2.05) is 6.07 Å². The van der Waals surface area contributed by atoms with Crippen LogP contribution in [0.2, 0.25) is 0 Å². The Kier molecular flexibility index (Phi) is 13.7. The first-order valence-electron chi connectivity index (χ1n) is 15.8. The topological polar surface area (TPSA) is 288 Å². The van der Waals surface area contributed by atoms with E-state index in [1.165, 1.54) is 12.4 Å². The minimum absolute atomic E-state index is 0.197. The number of aliphatic hydroxyl groups excluding tert-OH is 8. The third-order valence-corrected chi connectivity index (χ3v) is 10.5. The molecule has 0 amide bonds. The molecule has 0 bridgehead atoms. The number of nitrogens with one attached hydrogen (secondary N) is 2. The first-order chi connectivity index (χ1) is 25.3. The van der Waals surface area contributed by atoms with Crippen LogP contribution in [0.4, 0.5) is 10.3 Å². The molecular formula is C33H34BrN5O12S2. The summed E-state index contributed by atoms with van der Waals surface area (Å²) in [4.78, 5) is 33.8. The number of nitriles is 1. The van der Waals surface area contributed by atoms with Gasteiger partial charge in [0.25, 0.3) is 0 Å². The van der Waals surface area contributed by atoms with Crippen molar-refractivity contribution in [2.45, 2.75) is 61.3 Å². The van der Waals surface area contributed by atoms with Gasteiger partial charge in [-0.1, -0.05) is 38.6 Å². The van der Waals surface area contributed by atoms with Crippen molar-refractivity contribution in [3.8, 4) is 6.07 Å². The fourth-order valence-corrected chi connectivity index (χ4v) is 7.03. The first-order valence-corrected chi connectivity index (χ1v) is 18.2. The molecule has 0 spiro atoms. The number of thiazole rings is 2. The number of hydrogen-bond donors (Lipinski definition) is 10. The van der Waals surface area contributed by atoms with E-state index >= 15 is 0 Å². The summed E-state index contributed by atoms with van der Waals surface area (Å²) in [5, 5.41) is 92.5. The summed E-state index contributed by atoms with van der Waals surface area (Å²) >= 11 is 5.39. The molecule has 2 aliphatic rings. The van der Waals surface area contributed by atoms with Crippen LogP contribution in [-0.2, 0) is 9.47 Å². The fraction of sp³-hybridized carbons (Fsp3) is 0.364. The van der Waals surface area contributed by atoms with Gasteiger partial charge >= 0.3 is 0 Å². The number of halogens is 1. The van der Waals surface area contributed by atoms with Crippen molar-refractivity contribution in [2.24, 2.45) is 0 Å². The molecule has 4 heterocycles. The smallest absolute Gasteiger partial charge is 0.204 e. The van der Waals surface area contributed by atoms with Gasteiger partial charge in [0.2, 0.25) is 11.6 Å². The molecule has 0 saturated carbocycles. The molecule has 2 aromatic carbocycles. The van der Waals surface area contributed by atoms with Crippen LogP contribution in [0.5, 0.6) is 0 Å². The summed E-state index contributed by atoms with van der Waals surface area (Å²) in [5.74, 6) is -0.476. The van der Waals surface area contributed by atoms with Gasteiger partial charge < -0.3 is 61.0 Å². The summed E-state index contributed by atoms with van der Waals surface area (Å²) in [6.07, 6.45) is -10.3. The Morgan fingerprint density at radius 3 is 1.45 bits per heavy atom. The third-order valence-electron chi connectivity index (χ3n) is 8.16. The molecule has 0 radical (unpaired) electrons. The van der Waals surface area contributed by atoms with E-state index in [0.29, 0.717) is 31.6 Å². The van der Waals surface area contributed by atoms with Crippen molar-refractivity contribution in [1.82, 2.24) is 9.97 Å². The summed E-state index contributed by atoms with van der Waals surface area (Å²) in [6, 6.07) is 15.1. The highest BCUT2D eigenvalue weighted by molar-refractivity contribution is 9.10. The first kappa shape index (κ1) is 40.4. The van der Waals surface area contributed by atoms with Gasteiger partial charge in [-0.25, -0.2) is 9.97 Å².